The summed E-state index contributed by atoms with van der Waals surface area (Å²) in [7, 11) is 0. The maximum atomic E-state index is 11.1. The van der Waals surface area contributed by atoms with E-state index in [1.165, 1.54) is 5.56 Å². The van der Waals surface area contributed by atoms with E-state index in [0.29, 0.717) is 12.3 Å². The summed E-state index contributed by atoms with van der Waals surface area (Å²) in [5.41, 5.74) is 1.31. The lowest BCUT2D eigenvalue weighted by Crippen LogP contribution is -2.24. The summed E-state index contributed by atoms with van der Waals surface area (Å²) in [6.07, 6.45) is 2.38. The molecule has 0 bridgehead atoms. The number of rotatable bonds is 6. The highest BCUT2D eigenvalue weighted by Gasteiger charge is 1.98. The topological polar surface area (TPSA) is 29.1 Å². The largest absolute Gasteiger partial charge is 0.356 e. The fraction of sp³-hybridized carbons (Fsp3) is 0.417. The molecule has 0 aliphatic rings. The molecule has 3 heteroatoms. The number of carbonyl (C=O) groups is 1. The molecule has 0 radical (unpaired) electrons. The first-order chi connectivity index (χ1) is 7.33. The highest BCUT2D eigenvalue weighted by atomic mass is 35.5. The lowest BCUT2D eigenvalue weighted by molar-refractivity contribution is -0.120. The molecular weight excluding hydrogens is 210 g/mol. The quantitative estimate of drug-likeness (QED) is 0.585. The van der Waals surface area contributed by atoms with E-state index in [-0.39, 0.29) is 5.91 Å². The first kappa shape index (κ1) is 12.1. The number of hydrogen-bond donors (Lipinski definition) is 1. The van der Waals surface area contributed by atoms with Crippen LogP contribution in [0.15, 0.2) is 30.3 Å². The number of nitrogens with one attached hydrogen (secondary N) is 1. The van der Waals surface area contributed by atoms with Crippen LogP contribution in [0, 0.1) is 0 Å². The van der Waals surface area contributed by atoms with Crippen molar-refractivity contribution in [3.8, 4) is 0 Å². The Labute approximate surface area is 95.6 Å². The number of alkyl halides is 1. The van der Waals surface area contributed by atoms with Gasteiger partial charge in [-0.3, -0.25) is 4.79 Å². The van der Waals surface area contributed by atoms with Crippen molar-refractivity contribution in [3.05, 3.63) is 35.9 Å². The van der Waals surface area contributed by atoms with E-state index in [1.807, 2.05) is 18.2 Å². The van der Waals surface area contributed by atoms with Crippen LogP contribution in [0.2, 0.25) is 0 Å². The maximum absolute atomic E-state index is 11.1. The van der Waals surface area contributed by atoms with Crippen LogP contribution in [0.25, 0.3) is 0 Å². The minimum atomic E-state index is 0.0399. The van der Waals surface area contributed by atoms with E-state index in [4.69, 9.17) is 11.6 Å². The average molecular weight is 226 g/mol. The number of amides is 1. The van der Waals surface area contributed by atoms with Gasteiger partial charge in [0.25, 0.3) is 0 Å². The van der Waals surface area contributed by atoms with Crippen molar-refractivity contribution in [2.75, 3.05) is 12.4 Å². The molecule has 2 nitrogen and oxygen atoms in total. The maximum Gasteiger partial charge on any atom is 0.221 e. The second-order valence-corrected chi connectivity index (χ2v) is 3.76. The van der Waals surface area contributed by atoms with Crippen LogP contribution in [0.5, 0.6) is 0 Å². The SMILES string of the molecule is O=C(CCCl)NCCCc1ccccc1. The molecule has 0 atom stereocenters. The molecule has 0 spiro atoms. The predicted octanol–water partition coefficient (Wildman–Crippen LogP) is 2.36. The van der Waals surface area contributed by atoms with Crippen LogP contribution in [0.3, 0.4) is 0 Å². The fourth-order valence-corrected chi connectivity index (χ4v) is 1.51. The lowest BCUT2D eigenvalue weighted by Gasteiger charge is -2.03. The highest BCUT2D eigenvalue weighted by molar-refractivity contribution is 6.18. The van der Waals surface area contributed by atoms with Crippen molar-refractivity contribution in [1.82, 2.24) is 5.32 Å². The fourth-order valence-electron chi connectivity index (χ4n) is 1.34. The Morgan fingerprint density at radius 3 is 2.67 bits per heavy atom. The molecule has 0 heterocycles. The molecule has 0 aromatic heterocycles. The Kier molecular flexibility index (Phi) is 5.86. The molecule has 0 fully saturated rings. The summed E-state index contributed by atoms with van der Waals surface area (Å²) >= 11 is 5.44. The minimum Gasteiger partial charge on any atom is -0.356 e. The summed E-state index contributed by atoms with van der Waals surface area (Å²) in [6.45, 7) is 0.727. The van der Waals surface area contributed by atoms with Crippen molar-refractivity contribution >= 4 is 17.5 Å². The minimum absolute atomic E-state index is 0.0399. The Morgan fingerprint density at radius 2 is 2.00 bits per heavy atom. The van der Waals surface area contributed by atoms with Gasteiger partial charge < -0.3 is 5.32 Å². The molecule has 15 heavy (non-hydrogen) atoms. The van der Waals surface area contributed by atoms with Gasteiger partial charge in [0.15, 0.2) is 0 Å². The first-order valence-corrected chi connectivity index (χ1v) is 5.73. The van der Waals surface area contributed by atoms with Gasteiger partial charge in [-0.05, 0) is 18.4 Å². The number of carbonyl (C=O) groups excluding carboxylic acids is 1. The lowest BCUT2D eigenvalue weighted by atomic mass is 10.1. The van der Waals surface area contributed by atoms with E-state index < -0.39 is 0 Å². The summed E-state index contributed by atoms with van der Waals surface area (Å²) in [5, 5.41) is 2.83. The molecule has 1 aromatic carbocycles. The van der Waals surface area contributed by atoms with E-state index in [1.54, 1.807) is 0 Å². The Balaban J connectivity index is 2.10. The average Bonchev–Trinajstić information content (AvgIpc) is 2.26. The summed E-state index contributed by atoms with van der Waals surface area (Å²) in [6, 6.07) is 10.3. The van der Waals surface area contributed by atoms with Gasteiger partial charge in [-0.25, -0.2) is 0 Å². The van der Waals surface area contributed by atoms with Gasteiger partial charge >= 0.3 is 0 Å². The number of halogens is 1. The van der Waals surface area contributed by atoms with E-state index in [2.05, 4.69) is 17.4 Å². The van der Waals surface area contributed by atoms with Gasteiger partial charge in [-0.2, -0.15) is 0 Å². The van der Waals surface area contributed by atoms with Gasteiger partial charge in [0.05, 0.1) is 0 Å². The zero-order chi connectivity index (χ0) is 10.9. The number of aryl methyl sites for hydroxylation is 1. The molecule has 1 N–H and O–H groups in total. The Hall–Kier alpha value is -1.02. The molecular formula is C12H16ClNO. The second-order valence-electron chi connectivity index (χ2n) is 3.38. The Bertz CT molecular complexity index is 287. The van der Waals surface area contributed by atoms with Crippen LogP contribution in [-0.2, 0) is 11.2 Å². The van der Waals surface area contributed by atoms with E-state index in [9.17, 15) is 4.79 Å². The molecule has 0 saturated heterocycles. The van der Waals surface area contributed by atoms with Gasteiger partial charge in [-0.1, -0.05) is 30.3 Å². The smallest absolute Gasteiger partial charge is 0.221 e. The third-order valence-electron chi connectivity index (χ3n) is 2.13. The van der Waals surface area contributed by atoms with Crippen molar-refractivity contribution in [1.29, 1.82) is 0 Å². The summed E-state index contributed by atoms with van der Waals surface area (Å²) < 4.78 is 0. The van der Waals surface area contributed by atoms with E-state index in [0.717, 1.165) is 19.4 Å². The van der Waals surface area contributed by atoms with Crippen LogP contribution in [-0.4, -0.2) is 18.3 Å². The predicted molar refractivity (Wildman–Crippen MR) is 63.1 cm³/mol. The summed E-state index contributed by atoms with van der Waals surface area (Å²) in [4.78, 5) is 11.1. The van der Waals surface area contributed by atoms with Gasteiger partial charge in [-0.15, -0.1) is 11.6 Å². The van der Waals surface area contributed by atoms with E-state index >= 15 is 0 Å². The normalized spacial score (nSPS) is 9.93. The van der Waals surface area contributed by atoms with Crippen LogP contribution in [0.4, 0.5) is 0 Å². The standard InChI is InChI=1S/C12H16ClNO/c13-9-8-12(15)14-10-4-7-11-5-2-1-3-6-11/h1-3,5-6H,4,7-10H2,(H,14,15). The van der Waals surface area contributed by atoms with Gasteiger partial charge in [0, 0.05) is 18.8 Å². The van der Waals surface area contributed by atoms with Crippen LogP contribution < -0.4 is 5.32 Å². The Morgan fingerprint density at radius 1 is 1.27 bits per heavy atom. The highest BCUT2D eigenvalue weighted by Crippen LogP contribution is 2.01. The zero-order valence-electron chi connectivity index (χ0n) is 8.71. The van der Waals surface area contributed by atoms with Crippen molar-refractivity contribution < 1.29 is 4.79 Å². The molecule has 82 valence electrons. The van der Waals surface area contributed by atoms with Crippen LogP contribution >= 0.6 is 11.6 Å². The number of benzene rings is 1. The van der Waals surface area contributed by atoms with Crippen molar-refractivity contribution in [2.45, 2.75) is 19.3 Å². The molecule has 0 aliphatic carbocycles. The first-order valence-electron chi connectivity index (χ1n) is 5.19. The van der Waals surface area contributed by atoms with Crippen LogP contribution in [0.1, 0.15) is 18.4 Å². The zero-order valence-corrected chi connectivity index (χ0v) is 9.46. The third-order valence-corrected chi connectivity index (χ3v) is 2.32. The van der Waals surface area contributed by atoms with Crippen molar-refractivity contribution in [2.24, 2.45) is 0 Å². The molecule has 1 rings (SSSR count). The molecule has 1 amide bonds. The molecule has 0 saturated carbocycles. The van der Waals surface area contributed by atoms with Gasteiger partial charge in [0.1, 0.15) is 0 Å². The van der Waals surface area contributed by atoms with Crippen molar-refractivity contribution in [3.63, 3.8) is 0 Å². The third kappa shape index (κ3) is 5.43. The number of hydrogen-bond acceptors (Lipinski definition) is 1. The monoisotopic (exact) mass is 225 g/mol. The second kappa shape index (κ2) is 7.30. The molecule has 0 aliphatic heterocycles. The molecule has 1 aromatic rings. The van der Waals surface area contributed by atoms with Gasteiger partial charge in [0.2, 0.25) is 5.91 Å². The summed E-state index contributed by atoms with van der Waals surface area (Å²) in [5.74, 6) is 0.433. The molecule has 0 unspecified atom stereocenters.